The lowest BCUT2D eigenvalue weighted by Crippen LogP contribution is -2.44. The van der Waals surface area contributed by atoms with Crippen LogP contribution >= 0.6 is 23.2 Å². The number of hydrogen-bond acceptors (Lipinski definition) is 5. The van der Waals surface area contributed by atoms with Gasteiger partial charge < -0.3 is 14.6 Å². The number of imidazole rings is 1. The minimum atomic E-state index is -3.82. The number of likely N-dealkylation sites (tertiary alicyclic amines) is 1. The normalized spacial score (nSPS) is 15.2. The van der Waals surface area contributed by atoms with Crippen LogP contribution in [-0.4, -0.2) is 53.3 Å². The van der Waals surface area contributed by atoms with Crippen LogP contribution in [0.4, 0.5) is 13.6 Å². The summed E-state index contributed by atoms with van der Waals surface area (Å²) in [6.07, 6.45) is 1.23. The van der Waals surface area contributed by atoms with Crippen LogP contribution in [-0.2, 0) is 14.6 Å². The fourth-order valence-electron chi connectivity index (χ4n) is 4.36. The zero-order chi connectivity index (χ0) is 27.8. The Balaban J connectivity index is 1.61. The number of nitrogens with one attached hydrogen (secondary N) is 1. The van der Waals surface area contributed by atoms with Crippen LogP contribution in [0, 0.1) is 11.6 Å². The smallest absolute Gasteiger partial charge is 0.410 e. The van der Waals surface area contributed by atoms with Gasteiger partial charge in [0.25, 0.3) is 0 Å². The summed E-state index contributed by atoms with van der Waals surface area (Å²) in [6.45, 7) is 5.79. The SMILES string of the molecule is CC(C)(C)OC(=O)N1CCC(S(=O)(=O)c2cnc(C(c3ccc(F)c(Cl)c3)c3ccc(F)c(Cl)c3)[nH]2)CC1. The lowest BCUT2D eigenvalue weighted by Gasteiger charge is -2.33. The van der Waals surface area contributed by atoms with Gasteiger partial charge in [-0.3, -0.25) is 0 Å². The highest BCUT2D eigenvalue weighted by atomic mass is 35.5. The van der Waals surface area contributed by atoms with E-state index in [1.165, 1.54) is 47.5 Å². The van der Waals surface area contributed by atoms with Crippen molar-refractivity contribution in [3.63, 3.8) is 0 Å². The Morgan fingerprint density at radius 3 is 2.05 bits per heavy atom. The average molecular weight is 586 g/mol. The molecule has 1 saturated heterocycles. The predicted molar refractivity (Wildman–Crippen MR) is 140 cm³/mol. The second kappa shape index (κ2) is 10.8. The second-order valence-corrected chi connectivity index (χ2v) is 13.1. The van der Waals surface area contributed by atoms with Crippen molar-refractivity contribution in [1.82, 2.24) is 14.9 Å². The van der Waals surface area contributed by atoms with Crippen molar-refractivity contribution in [3.05, 3.63) is 81.2 Å². The molecule has 3 aromatic rings. The maximum absolute atomic E-state index is 13.9. The quantitative estimate of drug-likeness (QED) is 0.376. The van der Waals surface area contributed by atoms with Crippen molar-refractivity contribution in [3.8, 4) is 0 Å². The number of halogens is 4. The molecule has 0 atom stereocenters. The molecule has 1 aromatic heterocycles. The molecule has 1 fully saturated rings. The number of aromatic amines is 1. The first kappa shape index (κ1) is 28.3. The maximum atomic E-state index is 13.9. The Hall–Kier alpha value is -2.69. The summed E-state index contributed by atoms with van der Waals surface area (Å²) >= 11 is 12.0. The molecule has 0 saturated carbocycles. The van der Waals surface area contributed by atoms with Gasteiger partial charge in [-0.2, -0.15) is 0 Å². The van der Waals surface area contributed by atoms with Crippen LogP contribution in [0.15, 0.2) is 47.6 Å². The van der Waals surface area contributed by atoms with Crippen molar-refractivity contribution < 1.29 is 26.7 Å². The number of rotatable bonds is 5. The third-order valence-corrected chi connectivity index (χ3v) is 8.99. The number of nitrogens with zero attached hydrogens (tertiary/aromatic N) is 2. The van der Waals surface area contributed by atoms with Crippen molar-refractivity contribution in [2.24, 2.45) is 0 Å². The van der Waals surface area contributed by atoms with E-state index in [9.17, 15) is 22.0 Å². The van der Waals surface area contributed by atoms with E-state index < -0.39 is 44.3 Å². The van der Waals surface area contributed by atoms with Gasteiger partial charge in [0.15, 0.2) is 14.9 Å². The first-order valence-corrected chi connectivity index (χ1v) is 14.2. The first-order chi connectivity index (χ1) is 17.8. The van der Waals surface area contributed by atoms with Gasteiger partial charge in [0, 0.05) is 13.1 Å². The number of aromatic nitrogens is 2. The zero-order valence-corrected chi connectivity index (χ0v) is 23.3. The summed E-state index contributed by atoms with van der Waals surface area (Å²) < 4.78 is 60.0. The van der Waals surface area contributed by atoms with E-state index in [1.807, 2.05) is 0 Å². The van der Waals surface area contributed by atoms with E-state index in [0.29, 0.717) is 11.1 Å². The molecule has 7 nitrogen and oxygen atoms in total. The Kier molecular flexibility index (Phi) is 8.07. The molecule has 0 unspecified atom stereocenters. The molecule has 38 heavy (non-hydrogen) atoms. The van der Waals surface area contributed by atoms with Gasteiger partial charge in [-0.1, -0.05) is 35.3 Å². The number of piperidine rings is 1. The van der Waals surface area contributed by atoms with Gasteiger partial charge in [0.05, 0.1) is 27.4 Å². The number of carbonyl (C=O) groups is 1. The average Bonchev–Trinajstić information content (AvgIpc) is 3.33. The fraction of sp³-hybridized carbons (Fsp3) is 0.385. The summed E-state index contributed by atoms with van der Waals surface area (Å²) in [5.74, 6) is -1.73. The van der Waals surface area contributed by atoms with Crippen LogP contribution in [0.1, 0.15) is 56.5 Å². The minimum absolute atomic E-state index is 0.0883. The lowest BCUT2D eigenvalue weighted by atomic mass is 9.90. The molecule has 2 heterocycles. The molecule has 12 heteroatoms. The third-order valence-electron chi connectivity index (χ3n) is 6.24. The maximum Gasteiger partial charge on any atom is 0.410 e. The molecule has 1 amide bonds. The third kappa shape index (κ3) is 6.13. The van der Waals surface area contributed by atoms with Gasteiger partial charge >= 0.3 is 6.09 Å². The number of hydrogen-bond donors (Lipinski definition) is 1. The number of carbonyl (C=O) groups excluding carboxylic acids is 1. The number of H-pyrrole nitrogens is 1. The molecule has 2 aromatic carbocycles. The number of amides is 1. The van der Waals surface area contributed by atoms with Crippen LogP contribution < -0.4 is 0 Å². The molecular weight excluding hydrogens is 559 g/mol. The fourth-order valence-corrected chi connectivity index (χ4v) is 6.37. The monoisotopic (exact) mass is 585 g/mol. The number of sulfone groups is 1. The standard InChI is InChI=1S/C26H27Cl2F2N3O4S/c1-26(2,3)37-25(34)33-10-8-17(9-11-33)38(35,36)22-14-31-24(32-22)23(15-4-6-20(29)18(27)12-15)16-5-7-21(30)19(28)13-16/h4-7,12-14,17,23H,8-11H2,1-3H3,(H,31,32). The molecule has 0 spiro atoms. The van der Waals surface area contributed by atoms with Gasteiger partial charge in [0.2, 0.25) is 0 Å². The number of benzene rings is 2. The molecule has 4 rings (SSSR count). The summed E-state index contributed by atoms with van der Waals surface area (Å²) in [4.78, 5) is 21.1. The highest BCUT2D eigenvalue weighted by molar-refractivity contribution is 7.92. The van der Waals surface area contributed by atoms with Crippen molar-refractivity contribution in [2.75, 3.05) is 13.1 Å². The molecule has 1 N–H and O–H groups in total. The molecule has 1 aliphatic rings. The molecule has 0 aliphatic carbocycles. The molecule has 1 aliphatic heterocycles. The van der Waals surface area contributed by atoms with Gasteiger partial charge in [-0.05, 0) is 69.0 Å². The van der Waals surface area contributed by atoms with E-state index in [4.69, 9.17) is 27.9 Å². The largest absolute Gasteiger partial charge is 0.444 e. The molecule has 0 bridgehead atoms. The Morgan fingerprint density at radius 2 is 1.58 bits per heavy atom. The van der Waals surface area contributed by atoms with E-state index in [0.717, 1.165) is 0 Å². The Bertz CT molecular complexity index is 1400. The van der Waals surface area contributed by atoms with Crippen molar-refractivity contribution in [1.29, 1.82) is 0 Å². The zero-order valence-electron chi connectivity index (χ0n) is 21.0. The highest BCUT2D eigenvalue weighted by Gasteiger charge is 2.36. The topological polar surface area (TPSA) is 92.4 Å². The van der Waals surface area contributed by atoms with Crippen LogP contribution in [0.2, 0.25) is 10.0 Å². The Morgan fingerprint density at radius 1 is 1.05 bits per heavy atom. The Labute approximate surface area is 230 Å². The minimum Gasteiger partial charge on any atom is -0.444 e. The molecular formula is C26H27Cl2F2N3O4S. The van der Waals surface area contributed by atoms with Gasteiger partial charge in [0.1, 0.15) is 23.1 Å². The molecule has 0 radical (unpaired) electrons. The van der Waals surface area contributed by atoms with Crippen LogP contribution in [0.5, 0.6) is 0 Å². The van der Waals surface area contributed by atoms with Crippen LogP contribution in [0.25, 0.3) is 0 Å². The molecule has 204 valence electrons. The summed E-state index contributed by atoms with van der Waals surface area (Å²) in [5.41, 5.74) is 0.359. The number of ether oxygens (including phenoxy) is 1. The van der Waals surface area contributed by atoms with E-state index in [-0.39, 0.29) is 46.8 Å². The van der Waals surface area contributed by atoms with E-state index in [2.05, 4.69) is 9.97 Å². The van der Waals surface area contributed by atoms with Crippen molar-refractivity contribution in [2.45, 2.75) is 55.4 Å². The van der Waals surface area contributed by atoms with Crippen molar-refractivity contribution >= 4 is 39.1 Å². The van der Waals surface area contributed by atoms with Crippen LogP contribution in [0.3, 0.4) is 0 Å². The van der Waals surface area contributed by atoms with Gasteiger partial charge in [-0.25, -0.2) is 27.0 Å². The first-order valence-electron chi connectivity index (χ1n) is 11.9. The second-order valence-electron chi connectivity index (χ2n) is 10.1. The summed E-state index contributed by atoms with van der Waals surface area (Å²) in [5, 5.41) is -1.07. The summed E-state index contributed by atoms with van der Waals surface area (Å²) in [7, 11) is -3.82. The van der Waals surface area contributed by atoms with E-state index >= 15 is 0 Å². The van der Waals surface area contributed by atoms with E-state index in [1.54, 1.807) is 20.8 Å². The predicted octanol–water partition coefficient (Wildman–Crippen LogP) is 6.35. The lowest BCUT2D eigenvalue weighted by molar-refractivity contribution is 0.0217. The highest BCUT2D eigenvalue weighted by Crippen LogP contribution is 2.35. The summed E-state index contributed by atoms with van der Waals surface area (Å²) in [6, 6.07) is 8.17. The van der Waals surface area contributed by atoms with Gasteiger partial charge in [-0.15, -0.1) is 0 Å².